The fourth-order valence-corrected chi connectivity index (χ4v) is 0.939. The van der Waals surface area contributed by atoms with Gasteiger partial charge in [-0.05, 0) is 6.92 Å². The van der Waals surface area contributed by atoms with E-state index in [1.54, 1.807) is 6.92 Å². The predicted molar refractivity (Wildman–Crippen MR) is 34.3 cm³/mol. The van der Waals surface area contributed by atoms with Crippen LogP contribution < -0.4 is 5.32 Å². The van der Waals surface area contributed by atoms with Gasteiger partial charge in [-0.1, -0.05) is 0 Å². The van der Waals surface area contributed by atoms with E-state index in [0.717, 1.165) is 0 Å². The lowest BCUT2D eigenvalue weighted by molar-refractivity contribution is -0.105. The SMILES string of the molecule is Cc1nsc(NC=O)n1. The Morgan fingerprint density at radius 1 is 1.78 bits per heavy atom. The van der Waals surface area contributed by atoms with Crippen LogP contribution in [0.3, 0.4) is 0 Å². The van der Waals surface area contributed by atoms with E-state index in [1.165, 1.54) is 11.5 Å². The number of hydrogen-bond donors (Lipinski definition) is 1. The van der Waals surface area contributed by atoms with Gasteiger partial charge in [-0.15, -0.1) is 0 Å². The van der Waals surface area contributed by atoms with E-state index in [-0.39, 0.29) is 0 Å². The zero-order valence-corrected chi connectivity index (χ0v) is 5.60. The van der Waals surface area contributed by atoms with Gasteiger partial charge in [0.2, 0.25) is 11.5 Å². The second-order valence-electron chi connectivity index (χ2n) is 1.41. The maximum absolute atomic E-state index is 9.81. The van der Waals surface area contributed by atoms with E-state index < -0.39 is 0 Å². The van der Waals surface area contributed by atoms with Gasteiger partial charge in [0, 0.05) is 11.5 Å². The smallest absolute Gasteiger partial charge is 0.213 e. The van der Waals surface area contributed by atoms with Crippen molar-refractivity contribution in [3.05, 3.63) is 5.82 Å². The van der Waals surface area contributed by atoms with Crippen molar-refractivity contribution in [2.24, 2.45) is 0 Å². The molecule has 0 unspecified atom stereocenters. The van der Waals surface area contributed by atoms with Crippen molar-refractivity contribution in [2.45, 2.75) is 6.92 Å². The third kappa shape index (κ3) is 1.46. The van der Waals surface area contributed by atoms with Crippen LogP contribution in [0, 0.1) is 6.92 Å². The van der Waals surface area contributed by atoms with E-state index >= 15 is 0 Å². The van der Waals surface area contributed by atoms with Crippen LogP contribution >= 0.6 is 11.5 Å². The summed E-state index contributed by atoms with van der Waals surface area (Å²) in [5, 5.41) is 2.94. The molecule has 9 heavy (non-hydrogen) atoms. The molecule has 48 valence electrons. The van der Waals surface area contributed by atoms with Crippen molar-refractivity contribution in [3.63, 3.8) is 0 Å². The van der Waals surface area contributed by atoms with E-state index in [0.29, 0.717) is 17.4 Å². The molecule has 0 bridgehead atoms. The molecule has 1 heterocycles. The number of hydrogen-bond acceptors (Lipinski definition) is 4. The number of nitrogens with zero attached hydrogens (tertiary/aromatic N) is 2. The summed E-state index contributed by atoms with van der Waals surface area (Å²) in [6.45, 7) is 1.77. The molecule has 0 atom stereocenters. The summed E-state index contributed by atoms with van der Waals surface area (Å²) in [6.07, 6.45) is 0.583. The molecule has 0 aromatic carbocycles. The first-order valence-electron chi connectivity index (χ1n) is 2.33. The molecule has 0 aliphatic carbocycles. The number of rotatable bonds is 2. The normalized spacial score (nSPS) is 9.00. The van der Waals surface area contributed by atoms with Crippen LogP contribution in [-0.4, -0.2) is 15.8 Å². The van der Waals surface area contributed by atoms with Gasteiger partial charge in [-0.25, -0.2) is 4.98 Å². The number of aryl methyl sites for hydroxylation is 1. The summed E-state index contributed by atoms with van der Waals surface area (Å²) in [7, 11) is 0. The van der Waals surface area contributed by atoms with E-state index in [1.807, 2.05) is 0 Å². The molecule has 0 saturated carbocycles. The van der Waals surface area contributed by atoms with Gasteiger partial charge in [-0.2, -0.15) is 4.37 Å². The van der Waals surface area contributed by atoms with E-state index in [9.17, 15) is 4.79 Å². The highest BCUT2D eigenvalue weighted by atomic mass is 32.1. The fraction of sp³-hybridized carbons (Fsp3) is 0.250. The average molecular weight is 143 g/mol. The minimum absolute atomic E-state index is 0.544. The predicted octanol–water partition coefficient (Wildman–Crippen LogP) is 0.415. The monoisotopic (exact) mass is 143 g/mol. The highest BCUT2D eigenvalue weighted by Gasteiger charge is 1.94. The maximum Gasteiger partial charge on any atom is 0.213 e. The Hall–Kier alpha value is -0.970. The van der Waals surface area contributed by atoms with Gasteiger partial charge in [-0.3, -0.25) is 4.79 Å². The first-order chi connectivity index (χ1) is 4.33. The largest absolute Gasteiger partial charge is 0.303 e. The summed E-state index contributed by atoms with van der Waals surface area (Å²) in [4.78, 5) is 13.7. The third-order valence-corrected chi connectivity index (χ3v) is 1.45. The highest BCUT2D eigenvalue weighted by Crippen LogP contribution is 2.07. The maximum atomic E-state index is 9.81. The number of anilines is 1. The van der Waals surface area contributed by atoms with Gasteiger partial charge < -0.3 is 5.32 Å². The minimum Gasteiger partial charge on any atom is -0.303 e. The fourth-order valence-electron chi connectivity index (χ4n) is 0.406. The Kier molecular flexibility index (Phi) is 1.74. The lowest BCUT2D eigenvalue weighted by atomic mass is 10.7. The summed E-state index contributed by atoms with van der Waals surface area (Å²) >= 11 is 1.17. The Morgan fingerprint density at radius 3 is 3.00 bits per heavy atom. The van der Waals surface area contributed by atoms with Crippen molar-refractivity contribution in [3.8, 4) is 0 Å². The lowest BCUT2D eigenvalue weighted by Crippen LogP contribution is -1.91. The molecule has 0 fully saturated rings. The van der Waals surface area contributed by atoms with Crippen molar-refractivity contribution in [2.75, 3.05) is 5.32 Å². The molecule has 0 saturated heterocycles. The van der Waals surface area contributed by atoms with Crippen LogP contribution in [0.15, 0.2) is 0 Å². The van der Waals surface area contributed by atoms with Crippen molar-refractivity contribution in [1.29, 1.82) is 0 Å². The Morgan fingerprint density at radius 2 is 2.56 bits per heavy atom. The molecule has 4 nitrogen and oxygen atoms in total. The Labute approximate surface area is 56.1 Å². The number of carbonyl (C=O) groups is 1. The third-order valence-electron chi connectivity index (χ3n) is 0.710. The molecular weight excluding hydrogens is 138 g/mol. The van der Waals surface area contributed by atoms with Gasteiger partial charge in [0.15, 0.2) is 0 Å². The highest BCUT2D eigenvalue weighted by molar-refractivity contribution is 7.09. The lowest BCUT2D eigenvalue weighted by Gasteiger charge is -1.82. The average Bonchev–Trinajstić information content (AvgIpc) is 2.17. The standard InChI is InChI=1S/C4H5N3OS/c1-3-6-4(5-2-8)9-7-3/h2H,1H3,(H,5,6,7,8). The molecule has 1 N–H and O–H groups in total. The molecule has 1 rings (SSSR count). The summed E-state index contributed by atoms with van der Waals surface area (Å²) < 4.78 is 3.84. The molecular formula is C4H5N3OS. The molecule has 0 aliphatic heterocycles. The number of amides is 1. The molecule has 1 aromatic heterocycles. The van der Waals surface area contributed by atoms with Crippen LogP contribution in [-0.2, 0) is 4.79 Å². The minimum atomic E-state index is 0.544. The molecule has 0 aliphatic rings. The molecule has 0 spiro atoms. The molecule has 1 aromatic rings. The molecule has 5 heteroatoms. The number of carbonyl (C=O) groups excluding carboxylic acids is 1. The van der Waals surface area contributed by atoms with Crippen LogP contribution in [0.2, 0.25) is 0 Å². The van der Waals surface area contributed by atoms with Gasteiger partial charge >= 0.3 is 0 Å². The number of aromatic nitrogens is 2. The van der Waals surface area contributed by atoms with Crippen LogP contribution in [0.4, 0.5) is 5.13 Å². The zero-order chi connectivity index (χ0) is 6.69. The van der Waals surface area contributed by atoms with Crippen LogP contribution in [0.1, 0.15) is 5.82 Å². The number of nitrogens with one attached hydrogen (secondary N) is 1. The second-order valence-corrected chi connectivity index (χ2v) is 2.16. The van der Waals surface area contributed by atoms with Gasteiger partial charge in [0.1, 0.15) is 5.82 Å². The first-order valence-corrected chi connectivity index (χ1v) is 3.11. The van der Waals surface area contributed by atoms with Crippen LogP contribution in [0.25, 0.3) is 0 Å². The second kappa shape index (κ2) is 2.54. The van der Waals surface area contributed by atoms with Crippen molar-refractivity contribution < 1.29 is 4.79 Å². The molecule has 0 radical (unpaired) electrons. The van der Waals surface area contributed by atoms with Crippen LogP contribution in [0.5, 0.6) is 0 Å². The van der Waals surface area contributed by atoms with E-state index in [2.05, 4.69) is 14.7 Å². The summed E-state index contributed by atoms with van der Waals surface area (Å²) in [5.41, 5.74) is 0. The van der Waals surface area contributed by atoms with Gasteiger partial charge in [0.25, 0.3) is 0 Å². The van der Waals surface area contributed by atoms with Gasteiger partial charge in [0.05, 0.1) is 0 Å². The summed E-state index contributed by atoms with van der Waals surface area (Å²) in [6, 6.07) is 0. The Balaban J connectivity index is 2.72. The zero-order valence-electron chi connectivity index (χ0n) is 4.79. The van der Waals surface area contributed by atoms with E-state index in [4.69, 9.17) is 0 Å². The topological polar surface area (TPSA) is 54.9 Å². The quantitative estimate of drug-likeness (QED) is 0.610. The first kappa shape index (κ1) is 6.15. The molecule has 1 amide bonds. The Bertz CT molecular complexity index is 209. The van der Waals surface area contributed by atoms with Crippen molar-refractivity contribution in [1.82, 2.24) is 9.36 Å². The summed E-state index contributed by atoms with van der Waals surface area (Å²) in [5.74, 6) is 0.685. The van der Waals surface area contributed by atoms with Crippen molar-refractivity contribution >= 4 is 23.1 Å².